The molecule has 0 bridgehead atoms. The molecule has 6 heteroatoms. The number of rotatable bonds is 5. The van der Waals surface area contributed by atoms with Gasteiger partial charge in [0.2, 0.25) is 6.79 Å². The van der Waals surface area contributed by atoms with E-state index in [-0.39, 0.29) is 12.7 Å². The van der Waals surface area contributed by atoms with Gasteiger partial charge in [-0.05, 0) is 42.8 Å². The van der Waals surface area contributed by atoms with Crippen LogP contribution < -0.4 is 14.4 Å². The number of aromatic nitrogens is 2. The van der Waals surface area contributed by atoms with Gasteiger partial charge in [-0.2, -0.15) is 5.10 Å². The highest BCUT2D eigenvalue weighted by atomic mass is 16.7. The molecule has 1 unspecified atom stereocenters. The molecular formula is C20H19N3O3. The summed E-state index contributed by atoms with van der Waals surface area (Å²) >= 11 is 0. The SMILES string of the molecule is CC(C(=O)N(Cc1ccc2c(c1)OCO2)c1ccccc1)n1cccn1. The van der Waals surface area contributed by atoms with Gasteiger partial charge in [-0.3, -0.25) is 9.48 Å². The number of para-hydroxylation sites is 1. The fraction of sp³-hybridized carbons (Fsp3) is 0.200. The van der Waals surface area contributed by atoms with E-state index in [0.717, 1.165) is 17.0 Å². The van der Waals surface area contributed by atoms with Crippen molar-refractivity contribution in [3.63, 3.8) is 0 Å². The molecule has 2 heterocycles. The van der Waals surface area contributed by atoms with Crippen LogP contribution in [0.4, 0.5) is 5.69 Å². The van der Waals surface area contributed by atoms with Crippen molar-refractivity contribution in [3.05, 3.63) is 72.6 Å². The van der Waals surface area contributed by atoms with E-state index >= 15 is 0 Å². The maximum atomic E-state index is 13.2. The molecule has 3 aromatic rings. The molecule has 1 aromatic heterocycles. The summed E-state index contributed by atoms with van der Waals surface area (Å²) in [6.45, 7) is 2.52. The lowest BCUT2D eigenvalue weighted by Gasteiger charge is -2.26. The monoisotopic (exact) mass is 349 g/mol. The molecule has 0 spiro atoms. The number of hydrogen-bond donors (Lipinski definition) is 0. The molecule has 0 aliphatic carbocycles. The first-order chi connectivity index (χ1) is 12.7. The number of fused-ring (bicyclic) bond motifs is 1. The molecular weight excluding hydrogens is 330 g/mol. The van der Waals surface area contributed by atoms with Crippen molar-refractivity contribution in [2.75, 3.05) is 11.7 Å². The van der Waals surface area contributed by atoms with Crippen LogP contribution in [-0.2, 0) is 11.3 Å². The second-order valence-electron chi connectivity index (χ2n) is 6.11. The second kappa shape index (κ2) is 6.92. The van der Waals surface area contributed by atoms with Crippen LogP contribution in [0.5, 0.6) is 11.5 Å². The van der Waals surface area contributed by atoms with Crippen LogP contribution in [0.25, 0.3) is 0 Å². The summed E-state index contributed by atoms with van der Waals surface area (Å²) in [6, 6.07) is 16.8. The van der Waals surface area contributed by atoms with Crippen molar-refractivity contribution in [2.24, 2.45) is 0 Å². The molecule has 6 nitrogen and oxygen atoms in total. The zero-order chi connectivity index (χ0) is 17.9. The molecule has 0 saturated heterocycles. The van der Waals surface area contributed by atoms with Crippen LogP contribution in [0.2, 0.25) is 0 Å². The van der Waals surface area contributed by atoms with Gasteiger partial charge < -0.3 is 14.4 Å². The normalized spacial score (nSPS) is 13.4. The number of nitrogens with zero attached hydrogens (tertiary/aromatic N) is 3. The van der Waals surface area contributed by atoms with Crippen LogP contribution in [-0.4, -0.2) is 22.5 Å². The Labute approximate surface area is 151 Å². The van der Waals surface area contributed by atoms with E-state index in [9.17, 15) is 4.79 Å². The van der Waals surface area contributed by atoms with Gasteiger partial charge in [0.05, 0.1) is 6.54 Å². The maximum absolute atomic E-state index is 13.2. The minimum Gasteiger partial charge on any atom is -0.454 e. The molecule has 26 heavy (non-hydrogen) atoms. The second-order valence-corrected chi connectivity index (χ2v) is 6.11. The number of hydrogen-bond acceptors (Lipinski definition) is 4. The van der Waals surface area contributed by atoms with Crippen LogP contribution in [0.3, 0.4) is 0 Å². The van der Waals surface area contributed by atoms with Gasteiger partial charge in [0, 0.05) is 18.1 Å². The molecule has 0 fully saturated rings. The summed E-state index contributed by atoms with van der Waals surface area (Å²) in [5.41, 5.74) is 1.81. The zero-order valence-electron chi connectivity index (χ0n) is 14.4. The number of carbonyl (C=O) groups is 1. The first-order valence-corrected chi connectivity index (χ1v) is 8.46. The van der Waals surface area contributed by atoms with E-state index in [2.05, 4.69) is 5.10 Å². The van der Waals surface area contributed by atoms with E-state index in [4.69, 9.17) is 9.47 Å². The molecule has 1 aliphatic heterocycles. The predicted octanol–water partition coefficient (Wildman–Crippen LogP) is 3.41. The Kier molecular flexibility index (Phi) is 4.31. The van der Waals surface area contributed by atoms with Crippen molar-refractivity contribution in [1.29, 1.82) is 0 Å². The van der Waals surface area contributed by atoms with E-state index in [0.29, 0.717) is 12.3 Å². The van der Waals surface area contributed by atoms with Gasteiger partial charge >= 0.3 is 0 Å². The number of amides is 1. The fourth-order valence-electron chi connectivity index (χ4n) is 2.97. The van der Waals surface area contributed by atoms with Crippen LogP contribution in [0.15, 0.2) is 67.0 Å². The molecule has 4 rings (SSSR count). The Morgan fingerprint density at radius 1 is 1.15 bits per heavy atom. The summed E-state index contributed by atoms with van der Waals surface area (Å²) in [6.07, 6.45) is 3.47. The molecule has 0 radical (unpaired) electrons. The van der Waals surface area contributed by atoms with Gasteiger partial charge in [0.1, 0.15) is 6.04 Å². The summed E-state index contributed by atoms with van der Waals surface area (Å²) in [5.74, 6) is 1.41. The van der Waals surface area contributed by atoms with E-state index in [1.165, 1.54) is 0 Å². The Hall–Kier alpha value is -3.28. The first-order valence-electron chi connectivity index (χ1n) is 8.46. The number of carbonyl (C=O) groups excluding carboxylic acids is 1. The third kappa shape index (κ3) is 3.13. The Bertz CT molecular complexity index is 894. The third-order valence-electron chi connectivity index (χ3n) is 4.39. The van der Waals surface area contributed by atoms with Crippen LogP contribution >= 0.6 is 0 Å². The highest BCUT2D eigenvalue weighted by Crippen LogP contribution is 2.33. The first kappa shape index (κ1) is 16.2. The van der Waals surface area contributed by atoms with Gasteiger partial charge in [0.15, 0.2) is 11.5 Å². The fourth-order valence-corrected chi connectivity index (χ4v) is 2.97. The van der Waals surface area contributed by atoms with Gasteiger partial charge in [0.25, 0.3) is 5.91 Å². The van der Waals surface area contributed by atoms with Crippen molar-refractivity contribution in [2.45, 2.75) is 19.5 Å². The highest BCUT2D eigenvalue weighted by molar-refractivity contribution is 5.95. The Morgan fingerprint density at radius 3 is 2.73 bits per heavy atom. The lowest BCUT2D eigenvalue weighted by Crippen LogP contribution is -2.36. The van der Waals surface area contributed by atoms with E-state index in [1.807, 2.05) is 61.5 Å². The summed E-state index contributed by atoms with van der Waals surface area (Å²) < 4.78 is 12.5. The minimum absolute atomic E-state index is 0.0300. The Balaban J connectivity index is 1.64. The smallest absolute Gasteiger partial charge is 0.251 e. The maximum Gasteiger partial charge on any atom is 0.251 e. The van der Waals surface area contributed by atoms with Crippen LogP contribution in [0, 0.1) is 0 Å². The summed E-state index contributed by atoms with van der Waals surface area (Å²) in [4.78, 5) is 15.0. The molecule has 0 saturated carbocycles. The lowest BCUT2D eigenvalue weighted by atomic mass is 10.1. The molecule has 1 atom stereocenters. The molecule has 0 N–H and O–H groups in total. The summed E-state index contributed by atoms with van der Waals surface area (Å²) in [7, 11) is 0. The minimum atomic E-state index is -0.404. The quantitative estimate of drug-likeness (QED) is 0.708. The standard InChI is InChI=1S/C20H19N3O3/c1-15(23-11-5-10-21-23)20(24)22(17-6-3-2-4-7-17)13-16-8-9-18-19(12-16)26-14-25-18/h2-12,15H,13-14H2,1H3. The van der Waals surface area contributed by atoms with Crippen molar-refractivity contribution in [1.82, 2.24) is 9.78 Å². The van der Waals surface area contributed by atoms with Crippen molar-refractivity contribution < 1.29 is 14.3 Å². The average molecular weight is 349 g/mol. The lowest BCUT2D eigenvalue weighted by molar-refractivity contribution is -0.121. The van der Waals surface area contributed by atoms with Gasteiger partial charge in [-0.15, -0.1) is 0 Å². The average Bonchev–Trinajstić information content (AvgIpc) is 3.37. The molecule has 1 amide bonds. The van der Waals surface area contributed by atoms with Crippen LogP contribution in [0.1, 0.15) is 18.5 Å². The van der Waals surface area contributed by atoms with E-state index in [1.54, 1.807) is 22.0 Å². The zero-order valence-corrected chi connectivity index (χ0v) is 14.4. The van der Waals surface area contributed by atoms with E-state index < -0.39 is 6.04 Å². The number of ether oxygens (including phenoxy) is 2. The summed E-state index contributed by atoms with van der Waals surface area (Å²) in [5, 5.41) is 4.20. The largest absolute Gasteiger partial charge is 0.454 e. The highest BCUT2D eigenvalue weighted by Gasteiger charge is 2.24. The van der Waals surface area contributed by atoms with Gasteiger partial charge in [-0.25, -0.2) is 0 Å². The molecule has 132 valence electrons. The molecule has 2 aromatic carbocycles. The topological polar surface area (TPSA) is 56.6 Å². The van der Waals surface area contributed by atoms with Gasteiger partial charge in [-0.1, -0.05) is 24.3 Å². The number of anilines is 1. The predicted molar refractivity (Wildman–Crippen MR) is 97.1 cm³/mol. The number of benzene rings is 2. The third-order valence-corrected chi connectivity index (χ3v) is 4.39. The Morgan fingerprint density at radius 2 is 1.96 bits per heavy atom. The van der Waals surface area contributed by atoms with Crippen molar-refractivity contribution >= 4 is 11.6 Å². The molecule has 1 aliphatic rings. The van der Waals surface area contributed by atoms with Crippen molar-refractivity contribution in [3.8, 4) is 11.5 Å².